The number of carbonyl (C=O) groups excluding carboxylic acids is 1. The lowest BCUT2D eigenvalue weighted by molar-refractivity contribution is 0.0983. The number of hydrogen-bond acceptors (Lipinski definition) is 5. The van der Waals surface area contributed by atoms with E-state index >= 15 is 0 Å². The molecule has 0 radical (unpaired) electrons. The average Bonchev–Trinajstić information content (AvgIpc) is 2.69. The van der Waals surface area contributed by atoms with Gasteiger partial charge >= 0.3 is 0 Å². The molecule has 0 bridgehead atoms. The smallest absolute Gasteiger partial charge is 0.277 e. The third kappa shape index (κ3) is 4.28. The molecule has 0 fully saturated rings. The molecule has 0 aliphatic rings. The standard InChI is InChI=1S/C21H19N5O/c1-3-26(18-7-5-4-6-8-18)21(27)19-13-20(24-15(2)23-19)25-17-11-9-16(14-22)10-12-17/h4-13H,3H2,1-2H3,(H,23,24,25). The topological polar surface area (TPSA) is 81.9 Å². The van der Waals surface area contributed by atoms with Gasteiger partial charge < -0.3 is 10.2 Å². The van der Waals surface area contributed by atoms with Crippen molar-refractivity contribution >= 4 is 23.1 Å². The largest absolute Gasteiger partial charge is 0.340 e. The number of anilines is 3. The van der Waals surface area contributed by atoms with Gasteiger partial charge in [0.05, 0.1) is 11.6 Å². The van der Waals surface area contributed by atoms with Crippen LogP contribution >= 0.6 is 0 Å². The number of aromatic nitrogens is 2. The molecule has 0 aliphatic carbocycles. The summed E-state index contributed by atoms with van der Waals surface area (Å²) in [6.45, 7) is 4.21. The van der Waals surface area contributed by atoms with E-state index in [2.05, 4.69) is 21.4 Å². The third-order valence-corrected chi connectivity index (χ3v) is 3.97. The molecule has 6 nitrogen and oxygen atoms in total. The number of nitriles is 1. The van der Waals surface area contributed by atoms with Gasteiger partial charge in [-0.05, 0) is 50.2 Å². The monoisotopic (exact) mass is 357 g/mol. The van der Waals surface area contributed by atoms with Crippen LogP contribution in [0.2, 0.25) is 0 Å². The summed E-state index contributed by atoms with van der Waals surface area (Å²) >= 11 is 0. The fraction of sp³-hybridized carbons (Fsp3) is 0.143. The zero-order valence-corrected chi connectivity index (χ0v) is 15.2. The van der Waals surface area contributed by atoms with Crippen LogP contribution in [0.5, 0.6) is 0 Å². The summed E-state index contributed by atoms with van der Waals surface area (Å²) in [7, 11) is 0. The summed E-state index contributed by atoms with van der Waals surface area (Å²) < 4.78 is 0. The molecule has 27 heavy (non-hydrogen) atoms. The van der Waals surface area contributed by atoms with Crippen LogP contribution in [0.15, 0.2) is 60.7 Å². The molecule has 0 saturated heterocycles. The lowest BCUT2D eigenvalue weighted by atomic mass is 10.2. The summed E-state index contributed by atoms with van der Waals surface area (Å²) in [6.07, 6.45) is 0. The maximum absolute atomic E-state index is 13.0. The minimum Gasteiger partial charge on any atom is -0.340 e. The second-order valence-corrected chi connectivity index (χ2v) is 5.88. The Morgan fingerprint density at radius 3 is 2.44 bits per heavy atom. The van der Waals surface area contributed by atoms with Crippen molar-refractivity contribution in [1.82, 2.24) is 9.97 Å². The first-order valence-electron chi connectivity index (χ1n) is 8.60. The maximum atomic E-state index is 13.0. The Balaban J connectivity index is 1.87. The van der Waals surface area contributed by atoms with Gasteiger partial charge in [-0.1, -0.05) is 18.2 Å². The molecule has 0 atom stereocenters. The molecule has 134 valence electrons. The molecule has 1 aromatic heterocycles. The lowest BCUT2D eigenvalue weighted by Crippen LogP contribution is -2.31. The molecule has 1 heterocycles. The van der Waals surface area contributed by atoms with E-state index in [0.717, 1.165) is 11.4 Å². The minimum atomic E-state index is -0.183. The lowest BCUT2D eigenvalue weighted by Gasteiger charge is -2.21. The molecule has 3 aromatic rings. The van der Waals surface area contributed by atoms with E-state index in [0.29, 0.717) is 29.4 Å². The Bertz CT molecular complexity index is 978. The Hall–Kier alpha value is -3.72. The highest BCUT2D eigenvalue weighted by Gasteiger charge is 2.18. The number of aryl methyl sites for hydroxylation is 1. The molecule has 1 N–H and O–H groups in total. The van der Waals surface area contributed by atoms with E-state index in [9.17, 15) is 4.79 Å². The van der Waals surface area contributed by atoms with Gasteiger partial charge in [-0.3, -0.25) is 4.79 Å². The molecule has 1 amide bonds. The van der Waals surface area contributed by atoms with E-state index < -0.39 is 0 Å². The van der Waals surface area contributed by atoms with E-state index in [-0.39, 0.29) is 5.91 Å². The van der Waals surface area contributed by atoms with Gasteiger partial charge in [0.2, 0.25) is 0 Å². The SMILES string of the molecule is CCN(C(=O)c1cc(Nc2ccc(C#N)cc2)nc(C)n1)c1ccccc1. The number of nitrogens with one attached hydrogen (secondary N) is 1. The predicted octanol–water partition coefficient (Wildman–Crippen LogP) is 4.07. The van der Waals surface area contributed by atoms with E-state index in [4.69, 9.17) is 5.26 Å². The van der Waals surface area contributed by atoms with Crippen molar-refractivity contribution < 1.29 is 4.79 Å². The van der Waals surface area contributed by atoms with Gasteiger partial charge in [-0.25, -0.2) is 9.97 Å². The Labute approximate surface area is 158 Å². The van der Waals surface area contributed by atoms with Gasteiger partial charge in [0.1, 0.15) is 17.3 Å². The molecule has 0 aliphatic heterocycles. The van der Waals surface area contributed by atoms with Gasteiger partial charge in [0.25, 0.3) is 5.91 Å². The van der Waals surface area contributed by atoms with Crippen molar-refractivity contribution in [2.45, 2.75) is 13.8 Å². The molecule has 2 aromatic carbocycles. The highest BCUT2D eigenvalue weighted by atomic mass is 16.2. The maximum Gasteiger partial charge on any atom is 0.277 e. The number of benzene rings is 2. The van der Waals surface area contributed by atoms with Gasteiger partial charge in [0.15, 0.2) is 0 Å². The zero-order valence-electron chi connectivity index (χ0n) is 15.2. The van der Waals surface area contributed by atoms with Crippen LogP contribution < -0.4 is 10.2 Å². The van der Waals surface area contributed by atoms with Crippen molar-refractivity contribution in [3.05, 3.63) is 77.7 Å². The van der Waals surface area contributed by atoms with Crippen molar-refractivity contribution in [2.75, 3.05) is 16.8 Å². The quantitative estimate of drug-likeness (QED) is 0.744. The number of carbonyl (C=O) groups is 1. The number of hydrogen-bond donors (Lipinski definition) is 1. The summed E-state index contributed by atoms with van der Waals surface area (Å²) in [5.74, 6) is 0.845. The highest BCUT2D eigenvalue weighted by Crippen LogP contribution is 2.19. The second kappa shape index (κ2) is 8.11. The highest BCUT2D eigenvalue weighted by molar-refractivity contribution is 6.05. The van der Waals surface area contributed by atoms with Crippen LogP contribution in [-0.4, -0.2) is 22.4 Å². The van der Waals surface area contributed by atoms with Gasteiger partial charge in [-0.15, -0.1) is 0 Å². The normalized spacial score (nSPS) is 10.1. The molecule has 0 saturated carbocycles. The van der Waals surface area contributed by atoms with Crippen LogP contribution in [0.4, 0.5) is 17.2 Å². The summed E-state index contributed by atoms with van der Waals surface area (Å²) in [5, 5.41) is 12.0. The number of rotatable bonds is 5. The summed E-state index contributed by atoms with van der Waals surface area (Å²) in [6, 6.07) is 20.2. The van der Waals surface area contributed by atoms with Crippen LogP contribution in [-0.2, 0) is 0 Å². The minimum absolute atomic E-state index is 0.183. The van der Waals surface area contributed by atoms with Crippen molar-refractivity contribution in [3.8, 4) is 6.07 Å². The Morgan fingerprint density at radius 2 is 1.81 bits per heavy atom. The number of amides is 1. The van der Waals surface area contributed by atoms with Gasteiger partial charge in [0, 0.05) is 24.0 Å². The van der Waals surface area contributed by atoms with Crippen molar-refractivity contribution in [3.63, 3.8) is 0 Å². The molecular weight excluding hydrogens is 338 g/mol. The fourth-order valence-corrected chi connectivity index (χ4v) is 2.71. The third-order valence-electron chi connectivity index (χ3n) is 3.97. The Morgan fingerprint density at radius 1 is 1.11 bits per heavy atom. The van der Waals surface area contributed by atoms with Crippen molar-refractivity contribution in [2.24, 2.45) is 0 Å². The summed E-state index contributed by atoms with van der Waals surface area (Å²) in [4.78, 5) is 23.3. The first-order valence-corrected chi connectivity index (χ1v) is 8.60. The van der Waals surface area contributed by atoms with Crippen LogP contribution in [0.1, 0.15) is 28.8 Å². The molecular formula is C21H19N5O. The van der Waals surface area contributed by atoms with Crippen LogP contribution in [0, 0.1) is 18.3 Å². The first kappa shape index (κ1) is 18.1. The second-order valence-electron chi connectivity index (χ2n) is 5.88. The first-order chi connectivity index (χ1) is 13.1. The van der Waals surface area contributed by atoms with Gasteiger partial charge in [-0.2, -0.15) is 5.26 Å². The molecule has 0 spiro atoms. The summed E-state index contributed by atoms with van der Waals surface area (Å²) in [5.41, 5.74) is 2.50. The fourth-order valence-electron chi connectivity index (χ4n) is 2.71. The van der Waals surface area contributed by atoms with E-state index in [1.807, 2.05) is 37.3 Å². The van der Waals surface area contributed by atoms with E-state index in [1.165, 1.54) is 0 Å². The average molecular weight is 357 g/mol. The van der Waals surface area contributed by atoms with Crippen molar-refractivity contribution in [1.29, 1.82) is 5.26 Å². The predicted molar refractivity (Wildman–Crippen MR) is 105 cm³/mol. The molecule has 0 unspecified atom stereocenters. The molecule has 3 rings (SSSR count). The van der Waals surface area contributed by atoms with Crippen LogP contribution in [0.25, 0.3) is 0 Å². The zero-order chi connectivity index (χ0) is 19.2. The van der Waals surface area contributed by atoms with Crippen LogP contribution in [0.3, 0.4) is 0 Å². The van der Waals surface area contributed by atoms with E-state index in [1.54, 1.807) is 42.2 Å². The Kier molecular flexibility index (Phi) is 5.43. The number of nitrogens with zero attached hydrogens (tertiary/aromatic N) is 4. The molecule has 6 heteroatoms. The number of para-hydroxylation sites is 1.